The number of rotatable bonds is 7. The fraction of sp³-hybridized carbons (Fsp3) is 0.429. The van der Waals surface area contributed by atoms with Crippen molar-refractivity contribution in [3.63, 3.8) is 0 Å². The molecular weight excluding hydrogens is 378 g/mol. The molecule has 144 valence electrons. The van der Waals surface area contributed by atoms with Gasteiger partial charge in [-0.15, -0.1) is 11.8 Å². The minimum absolute atomic E-state index is 0.0850. The van der Waals surface area contributed by atoms with Crippen LogP contribution in [0.25, 0.3) is 0 Å². The van der Waals surface area contributed by atoms with Gasteiger partial charge in [0.15, 0.2) is 0 Å². The van der Waals surface area contributed by atoms with Gasteiger partial charge in [0, 0.05) is 17.0 Å². The van der Waals surface area contributed by atoms with Crippen LogP contribution in [0.1, 0.15) is 24.8 Å². The maximum atomic E-state index is 12.4. The fourth-order valence-electron chi connectivity index (χ4n) is 3.22. The Morgan fingerprint density at radius 3 is 2.74 bits per heavy atom. The average molecular weight is 404 g/mol. The van der Waals surface area contributed by atoms with E-state index in [1.54, 1.807) is 6.20 Å². The molecule has 1 aliphatic heterocycles. The number of halogens is 1. The molecule has 0 aliphatic carbocycles. The van der Waals surface area contributed by atoms with E-state index in [-0.39, 0.29) is 11.8 Å². The molecule has 6 heteroatoms. The van der Waals surface area contributed by atoms with Crippen molar-refractivity contribution in [2.24, 2.45) is 5.92 Å². The number of thioether (sulfide) groups is 1. The van der Waals surface area contributed by atoms with Crippen LogP contribution in [0.4, 0.5) is 5.82 Å². The van der Waals surface area contributed by atoms with Gasteiger partial charge in [-0.05, 0) is 75.3 Å². The third kappa shape index (κ3) is 6.23. The summed E-state index contributed by atoms with van der Waals surface area (Å²) in [6.07, 6.45) is 4.73. The molecule has 1 N–H and O–H groups in total. The van der Waals surface area contributed by atoms with E-state index >= 15 is 0 Å². The quantitative estimate of drug-likeness (QED) is 0.528. The Kier molecular flexibility index (Phi) is 7.56. The summed E-state index contributed by atoms with van der Waals surface area (Å²) in [6, 6.07) is 11.8. The van der Waals surface area contributed by atoms with Gasteiger partial charge < -0.3 is 10.2 Å². The molecule has 1 saturated heterocycles. The Balaban J connectivity index is 1.34. The Morgan fingerprint density at radius 1 is 1.26 bits per heavy atom. The number of anilines is 1. The molecule has 3 rings (SSSR count). The lowest BCUT2D eigenvalue weighted by molar-refractivity contribution is -0.121. The van der Waals surface area contributed by atoms with Gasteiger partial charge in [-0.25, -0.2) is 4.98 Å². The van der Waals surface area contributed by atoms with E-state index in [0.29, 0.717) is 5.82 Å². The Labute approximate surface area is 170 Å². The maximum Gasteiger partial charge on any atom is 0.228 e. The first kappa shape index (κ1) is 20.2. The van der Waals surface area contributed by atoms with Gasteiger partial charge in [0.25, 0.3) is 0 Å². The van der Waals surface area contributed by atoms with Crippen molar-refractivity contribution >= 4 is 35.1 Å². The molecule has 1 fully saturated rings. The lowest BCUT2D eigenvalue weighted by atomic mass is 9.96. The smallest absolute Gasteiger partial charge is 0.228 e. The number of piperidine rings is 1. The van der Waals surface area contributed by atoms with E-state index in [1.807, 2.05) is 49.0 Å². The zero-order valence-corrected chi connectivity index (χ0v) is 17.2. The first-order valence-electron chi connectivity index (χ1n) is 9.45. The minimum atomic E-state index is 0.0850. The van der Waals surface area contributed by atoms with Gasteiger partial charge in [-0.1, -0.05) is 29.8 Å². The molecule has 0 saturated carbocycles. The highest BCUT2D eigenvalue weighted by molar-refractivity contribution is 7.99. The van der Waals surface area contributed by atoms with Gasteiger partial charge in [0.1, 0.15) is 5.82 Å². The molecule has 1 amide bonds. The third-order valence-electron chi connectivity index (χ3n) is 4.83. The first-order chi connectivity index (χ1) is 13.1. The predicted octanol–water partition coefficient (Wildman–Crippen LogP) is 4.88. The van der Waals surface area contributed by atoms with Gasteiger partial charge >= 0.3 is 0 Å². The monoisotopic (exact) mass is 403 g/mol. The van der Waals surface area contributed by atoms with Gasteiger partial charge in [0.2, 0.25) is 5.91 Å². The average Bonchev–Trinajstić information content (AvgIpc) is 2.69. The standard InChI is InChI=1S/C21H26ClN3OS/c1-16-7-8-20(23-15-16)24-21(26)17-9-12-25(13-10-17)11-4-14-27-19-6-3-2-5-18(19)22/h2-3,5-8,15,17H,4,9-14H2,1H3,(H,23,24,26). The largest absolute Gasteiger partial charge is 0.310 e. The number of nitrogens with one attached hydrogen (secondary N) is 1. The molecule has 2 aromatic rings. The summed E-state index contributed by atoms with van der Waals surface area (Å²) in [5.74, 6) is 1.88. The summed E-state index contributed by atoms with van der Waals surface area (Å²) in [6.45, 7) is 5.03. The van der Waals surface area contributed by atoms with E-state index in [9.17, 15) is 4.79 Å². The lowest BCUT2D eigenvalue weighted by Gasteiger charge is -2.31. The molecule has 0 radical (unpaired) electrons. The SMILES string of the molecule is Cc1ccc(NC(=O)C2CCN(CCCSc3ccccc3Cl)CC2)nc1. The molecule has 0 unspecified atom stereocenters. The van der Waals surface area contributed by atoms with Crippen LogP contribution in [-0.2, 0) is 4.79 Å². The number of amides is 1. The van der Waals surface area contributed by atoms with Gasteiger partial charge in [0.05, 0.1) is 5.02 Å². The topological polar surface area (TPSA) is 45.2 Å². The van der Waals surface area contributed by atoms with Gasteiger partial charge in [-0.3, -0.25) is 4.79 Å². The fourth-order valence-corrected chi connectivity index (χ4v) is 4.39. The minimum Gasteiger partial charge on any atom is -0.310 e. The number of benzene rings is 1. The first-order valence-corrected chi connectivity index (χ1v) is 10.8. The summed E-state index contributed by atoms with van der Waals surface area (Å²) in [7, 11) is 0. The van der Waals surface area contributed by atoms with Crippen LogP contribution in [0.15, 0.2) is 47.5 Å². The number of carbonyl (C=O) groups excluding carboxylic acids is 1. The van der Waals surface area contributed by atoms with Crippen molar-refractivity contribution in [3.05, 3.63) is 53.2 Å². The third-order valence-corrected chi connectivity index (χ3v) is 6.44. The van der Waals surface area contributed by atoms with Crippen LogP contribution in [0.5, 0.6) is 0 Å². The van der Waals surface area contributed by atoms with Crippen molar-refractivity contribution in [1.82, 2.24) is 9.88 Å². The van der Waals surface area contributed by atoms with Crippen LogP contribution in [-0.4, -0.2) is 41.2 Å². The summed E-state index contributed by atoms with van der Waals surface area (Å²) in [4.78, 5) is 20.3. The number of aryl methyl sites for hydroxylation is 1. The zero-order valence-electron chi connectivity index (χ0n) is 15.7. The van der Waals surface area contributed by atoms with E-state index in [0.717, 1.165) is 60.1 Å². The number of hydrogen-bond acceptors (Lipinski definition) is 4. The van der Waals surface area contributed by atoms with Crippen molar-refractivity contribution in [2.45, 2.75) is 31.1 Å². The van der Waals surface area contributed by atoms with Crippen LogP contribution in [0, 0.1) is 12.8 Å². The van der Waals surface area contributed by atoms with Crippen molar-refractivity contribution in [3.8, 4) is 0 Å². The summed E-state index contributed by atoms with van der Waals surface area (Å²) >= 11 is 8.00. The van der Waals surface area contributed by atoms with Gasteiger partial charge in [-0.2, -0.15) is 0 Å². The second-order valence-corrected chi connectivity index (χ2v) is 8.50. The van der Waals surface area contributed by atoms with Crippen LogP contribution in [0.3, 0.4) is 0 Å². The molecule has 1 aromatic heterocycles. The summed E-state index contributed by atoms with van der Waals surface area (Å²) in [5.41, 5.74) is 1.09. The lowest BCUT2D eigenvalue weighted by Crippen LogP contribution is -2.38. The molecule has 0 spiro atoms. The normalized spacial score (nSPS) is 15.6. The molecule has 0 bridgehead atoms. The highest BCUT2D eigenvalue weighted by Gasteiger charge is 2.24. The molecule has 4 nitrogen and oxygen atoms in total. The number of hydrogen-bond donors (Lipinski definition) is 1. The zero-order chi connectivity index (χ0) is 19.1. The van der Waals surface area contributed by atoms with E-state index < -0.39 is 0 Å². The Bertz CT molecular complexity index is 745. The number of aromatic nitrogens is 1. The highest BCUT2D eigenvalue weighted by atomic mass is 35.5. The molecule has 1 aliphatic rings. The number of pyridine rings is 1. The molecule has 1 aromatic carbocycles. The molecule has 0 atom stereocenters. The highest BCUT2D eigenvalue weighted by Crippen LogP contribution is 2.27. The van der Waals surface area contributed by atoms with Crippen LogP contribution < -0.4 is 5.32 Å². The van der Waals surface area contributed by atoms with E-state index in [1.165, 1.54) is 0 Å². The number of carbonyl (C=O) groups is 1. The maximum absolute atomic E-state index is 12.4. The summed E-state index contributed by atoms with van der Waals surface area (Å²) in [5, 5.41) is 3.78. The second kappa shape index (κ2) is 10.1. The van der Waals surface area contributed by atoms with E-state index in [4.69, 9.17) is 11.6 Å². The van der Waals surface area contributed by atoms with Crippen LogP contribution in [0.2, 0.25) is 5.02 Å². The van der Waals surface area contributed by atoms with Crippen molar-refractivity contribution in [1.29, 1.82) is 0 Å². The molecular formula is C21H26ClN3OS. The number of likely N-dealkylation sites (tertiary alicyclic amines) is 1. The van der Waals surface area contributed by atoms with Crippen LogP contribution >= 0.6 is 23.4 Å². The van der Waals surface area contributed by atoms with Crippen molar-refractivity contribution in [2.75, 3.05) is 30.7 Å². The predicted molar refractivity (Wildman–Crippen MR) is 114 cm³/mol. The van der Waals surface area contributed by atoms with E-state index in [2.05, 4.69) is 21.3 Å². The molecule has 27 heavy (non-hydrogen) atoms. The summed E-state index contributed by atoms with van der Waals surface area (Å²) < 4.78 is 0. The Morgan fingerprint density at radius 2 is 2.04 bits per heavy atom. The van der Waals surface area contributed by atoms with Crippen molar-refractivity contribution < 1.29 is 4.79 Å². The second-order valence-electron chi connectivity index (χ2n) is 6.96. The molecule has 2 heterocycles. The number of nitrogens with zero attached hydrogens (tertiary/aromatic N) is 2. The Hall–Kier alpha value is -1.56.